The van der Waals surface area contributed by atoms with Gasteiger partial charge < -0.3 is 15.3 Å². The maximum Gasteiger partial charge on any atom is 0.325 e. The fourth-order valence-electron chi connectivity index (χ4n) is 2.64. The van der Waals surface area contributed by atoms with Gasteiger partial charge in [-0.05, 0) is 24.6 Å². The van der Waals surface area contributed by atoms with Crippen LogP contribution in [0, 0.1) is 11.7 Å². The van der Waals surface area contributed by atoms with E-state index in [-0.39, 0.29) is 17.4 Å². The first-order valence-electron chi connectivity index (χ1n) is 6.96. The van der Waals surface area contributed by atoms with Gasteiger partial charge in [-0.25, -0.2) is 4.39 Å². The van der Waals surface area contributed by atoms with Crippen LogP contribution in [0.2, 0.25) is 5.02 Å². The van der Waals surface area contributed by atoms with Crippen molar-refractivity contribution in [1.29, 1.82) is 0 Å². The minimum atomic E-state index is -1.18. The van der Waals surface area contributed by atoms with Gasteiger partial charge in [0.2, 0.25) is 11.8 Å². The van der Waals surface area contributed by atoms with Gasteiger partial charge in [-0.1, -0.05) is 17.7 Å². The first-order valence-corrected chi connectivity index (χ1v) is 7.34. The zero-order valence-corrected chi connectivity index (χ0v) is 13.3. The maximum atomic E-state index is 13.7. The minimum Gasteiger partial charge on any atom is -0.480 e. The molecule has 1 aliphatic rings. The van der Waals surface area contributed by atoms with Gasteiger partial charge in [0.1, 0.15) is 11.9 Å². The molecule has 0 aliphatic carbocycles. The number of nitrogens with zero attached hydrogens (tertiary/aromatic N) is 1. The number of nitrogens with one attached hydrogen (secondary N) is 1. The van der Waals surface area contributed by atoms with Crippen LogP contribution in [0.4, 0.5) is 4.39 Å². The second kappa shape index (κ2) is 6.54. The highest BCUT2D eigenvalue weighted by atomic mass is 35.5. The Labute approximate surface area is 137 Å². The van der Waals surface area contributed by atoms with Crippen LogP contribution in [-0.4, -0.2) is 40.9 Å². The van der Waals surface area contributed by atoms with E-state index < -0.39 is 35.7 Å². The number of benzene rings is 1. The second-order valence-electron chi connectivity index (χ2n) is 5.50. The maximum absolute atomic E-state index is 13.7. The van der Waals surface area contributed by atoms with Crippen molar-refractivity contribution in [2.75, 3.05) is 7.05 Å². The molecule has 0 radical (unpaired) electrons. The van der Waals surface area contributed by atoms with E-state index in [2.05, 4.69) is 5.32 Å². The summed E-state index contributed by atoms with van der Waals surface area (Å²) >= 11 is 5.65. The summed E-state index contributed by atoms with van der Waals surface area (Å²) in [4.78, 5) is 36.5. The summed E-state index contributed by atoms with van der Waals surface area (Å²) in [5.74, 6) is -3.44. The molecule has 2 rings (SSSR count). The number of carboxylic acids is 1. The van der Waals surface area contributed by atoms with Crippen molar-refractivity contribution in [3.05, 3.63) is 34.6 Å². The molecule has 1 aliphatic heterocycles. The third kappa shape index (κ3) is 3.44. The highest BCUT2D eigenvalue weighted by Crippen LogP contribution is 2.38. The molecule has 8 heteroatoms. The number of hydrogen-bond acceptors (Lipinski definition) is 3. The molecule has 1 fully saturated rings. The van der Waals surface area contributed by atoms with E-state index in [9.17, 15) is 18.8 Å². The number of amides is 2. The van der Waals surface area contributed by atoms with E-state index in [0.717, 1.165) is 0 Å². The summed E-state index contributed by atoms with van der Waals surface area (Å²) in [7, 11) is 1.52. The lowest BCUT2D eigenvalue weighted by Crippen LogP contribution is -2.43. The number of carboxylic acid groups (broad SMARTS) is 1. The molecule has 0 bridgehead atoms. The van der Waals surface area contributed by atoms with Gasteiger partial charge in [0.25, 0.3) is 0 Å². The van der Waals surface area contributed by atoms with Crippen LogP contribution < -0.4 is 5.32 Å². The molecule has 3 atom stereocenters. The van der Waals surface area contributed by atoms with Gasteiger partial charge in [-0.15, -0.1) is 0 Å². The number of carbonyl (C=O) groups is 3. The van der Waals surface area contributed by atoms with Crippen molar-refractivity contribution in [2.45, 2.75) is 25.4 Å². The molecule has 1 saturated heterocycles. The second-order valence-corrected chi connectivity index (χ2v) is 5.91. The molecule has 2 N–H and O–H groups in total. The fraction of sp³-hybridized carbons (Fsp3) is 0.400. The molecular formula is C15H16ClFN2O4. The third-order valence-electron chi connectivity index (χ3n) is 3.94. The van der Waals surface area contributed by atoms with Crippen LogP contribution in [-0.2, 0) is 14.4 Å². The summed E-state index contributed by atoms with van der Waals surface area (Å²) in [5, 5.41) is 11.2. The van der Waals surface area contributed by atoms with Gasteiger partial charge in [-0.3, -0.25) is 14.4 Å². The average molecular weight is 343 g/mol. The van der Waals surface area contributed by atoms with Crippen molar-refractivity contribution in [1.82, 2.24) is 10.2 Å². The summed E-state index contributed by atoms with van der Waals surface area (Å²) < 4.78 is 13.7. The molecule has 124 valence electrons. The highest BCUT2D eigenvalue weighted by Gasteiger charge is 2.43. The quantitative estimate of drug-likeness (QED) is 0.870. The molecule has 1 aromatic carbocycles. The standard InChI is InChI=1S/C15H16ClFN2O4/c1-7(15(22)23)18-14(21)9-6-12(20)19(2)13(9)8-3-4-10(16)11(17)5-8/h3-5,7,9,13H,6H2,1-2H3,(H,18,21)(H,22,23)/t7-,9?,13?/m0/s1. The van der Waals surface area contributed by atoms with Gasteiger partial charge in [0.15, 0.2) is 0 Å². The van der Waals surface area contributed by atoms with Crippen LogP contribution in [0.5, 0.6) is 0 Å². The number of aliphatic carboxylic acids is 1. The van der Waals surface area contributed by atoms with Crippen molar-refractivity contribution < 1.29 is 23.9 Å². The molecule has 1 aromatic rings. The lowest BCUT2D eigenvalue weighted by Gasteiger charge is -2.25. The topological polar surface area (TPSA) is 86.7 Å². The van der Waals surface area contributed by atoms with Crippen LogP contribution in [0.25, 0.3) is 0 Å². The Morgan fingerprint density at radius 2 is 2.13 bits per heavy atom. The van der Waals surface area contributed by atoms with Crippen molar-refractivity contribution in [3.63, 3.8) is 0 Å². The number of carbonyl (C=O) groups excluding carboxylic acids is 2. The summed E-state index contributed by atoms with van der Waals surface area (Å²) in [6, 6.07) is 2.34. The molecule has 2 amide bonds. The van der Waals surface area contributed by atoms with Gasteiger partial charge in [-0.2, -0.15) is 0 Å². The molecule has 0 spiro atoms. The minimum absolute atomic E-state index is 0.0544. The Bertz CT molecular complexity index is 667. The predicted molar refractivity (Wildman–Crippen MR) is 80.3 cm³/mol. The van der Waals surface area contributed by atoms with E-state index in [1.165, 1.54) is 31.0 Å². The zero-order chi connectivity index (χ0) is 17.3. The van der Waals surface area contributed by atoms with Crippen LogP contribution in [0.15, 0.2) is 18.2 Å². The molecule has 6 nitrogen and oxygen atoms in total. The zero-order valence-electron chi connectivity index (χ0n) is 12.5. The SMILES string of the molecule is C[C@H](NC(=O)C1CC(=O)N(C)C1c1ccc(Cl)c(F)c1)C(=O)O. The van der Waals surface area contributed by atoms with Gasteiger partial charge in [0, 0.05) is 13.5 Å². The van der Waals surface area contributed by atoms with E-state index in [0.29, 0.717) is 5.56 Å². The third-order valence-corrected chi connectivity index (χ3v) is 4.24. The monoisotopic (exact) mass is 342 g/mol. The summed E-state index contributed by atoms with van der Waals surface area (Å²) in [6.45, 7) is 1.33. The van der Waals surface area contributed by atoms with E-state index in [1.807, 2.05) is 0 Å². The lowest BCUT2D eigenvalue weighted by molar-refractivity contribution is -0.142. The Morgan fingerprint density at radius 1 is 1.48 bits per heavy atom. The predicted octanol–water partition coefficient (Wildman–Crippen LogP) is 1.59. The van der Waals surface area contributed by atoms with Crippen LogP contribution in [0.1, 0.15) is 24.9 Å². The molecule has 1 heterocycles. The Kier molecular flexibility index (Phi) is 4.89. The molecule has 23 heavy (non-hydrogen) atoms. The number of rotatable bonds is 4. The molecule has 0 aromatic heterocycles. The van der Waals surface area contributed by atoms with E-state index in [4.69, 9.17) is 16.7 Å². The van der Waals surface area contributed by atoms with Gasteiger partial charge in [0.05, 0.1) is 17.0 Å². The highest BCUT2D eigenvalue weighted by molar-refractivity contribution is 6.30. The molecule has 2 unspecified atom stereocenters. The van der Waals surface area contributed by atoms with Crippen molar-refractivity contribution in [3.8, 4) is 0 Å². The van der Waals surface area contributed by atoms with Crippen molar-refractivity contribution in [2.24, 2.45) is 5.92 Å². The smallest absolute Gasteiger partial charge is 0.325 e. The van der Waals surface area contributed by atoms with E-state index >= 15 is 0 Å². The van der Waals surface area contributed by atoms with Crippen LogP contribution >= 0.6 is 11.6 Å². The molecular weight excluding hydrogens is 327 g/mol. The summed E-state index contributed by atoms with van der Waals surface area (Å²) in [5.41, 5.74) is 0.434. The first-order chi connectivity index (χ1) is 10.7. The van der Waals surface area contributed by atoms with Crippen molar-refractivity contribution >= 4 is 29.4 Å². The average Bonchev–Trinajstić information content (AvgIpc) is 2.78. The van der Waals surface area contributed by atoms with E-state index in [1.54, 1.807) is 6.07 Å². The lowest BCUT2D eigenvalue weighted by atomic mass is 9.92. The Hall–Kier alpha value is -2.15. The number of hydrogen-bond donors (Lipinski definition) is 2. The van der Waals surface area contributed by atoms with Crippen LogP contribution in [0.3, 0.4) is 0 Å². The normalized spacial score (nSPS) is 22.1. The molecule has 0 saturated carbocycles. The fourth-order valence-corrected chi connectivity index (χ4v) is 2.76. The summed E-state index contributed by atoms with van der Waals surface area (Å²) in [6.07, 6.45) is -0.0659. The first kappa shape index (κ1) is 17.2. The Balaban J connectivity index is 2.30. The number of likely N-dealkylation sites (tertiary alicyclic amines) is 1. The number of halogens is 2. The van der Waals surface area contributed by atoms with Gasteiger partial charge >= 0.3 is 5.97 Å². The largest absolute Gasteiger partial charge is 0.480 e. The Morgan fingerprint density at radius 3 is 2.70 bits per heavy atom.